The largest absolute Gasteiger partial charge is 0.381 e. The Labute approximate surface area is 201 Å². The van der Waals surface area contributed by atoms with Crippen LogP contribution in [0.5, 0.6) is 0 Å². The number of hydrogen-bond donors (Lipinski definition) is 1. The van der Waals surface area contributed by atoms with Crippen LogP contribution in [0.1, 0.15) is 61.0 Å². The highest BCUT2D eigenvalue weighted by atomic mass is 31.2. The predicted molar refractivity (Wildman–Crippen MR) is 129 cm³/mol. The standard InChI is InChI=1S/C22H36FN3O6P2/c1-15(2)29-33(27,30-16(3)4)22(23,34(28,31-17(5)6)32-18(7)8)10-19-9-20(12-24-11-19)21-13-25-26-14-21/h9,11-18H,10H2,1-8H3,(H,25,26). The summed E-state index contributed by atoms with van der Waals surface area (Å²) in [5.41, 5.74) is 1.67. The van der Waals surface area contributed by atoms with Crippen LogP contribution >= 0.6 is 15.2 Å². The summed E-state index contributed by atoms with van der Waals surface area (Å²) in [7, 11) is -9.51. The Morgan fingerprint density at radius 1 is 0.824 bits per heavy atom. The van der Waals surface area contributed by atoms with Crippen molar-refractivity contribution in [3.05, 3.63) is 36.4 Å². The molecule has 0 fully saturated rings. The van der Waals surface area contributed by atoms with Gasteiger partial charge in [0.15, 0.2) is 0 Å². The topological polar surface area (TPSA) is 113 Å². The van der Waals surface area contributed by atoms with E-state index in [0.717, 1.165) is 5.56 Å². The van der Waals surface area contributed by atoms with E-state index in [1.54, 1.807) is 80.0 Å². The van der Waals surface area contributed by atoms with Crippen LogP contribution in [0.15, 0.2) is 30.9 Å². The van der Waals surface area contributed by atoms with Crippen LogP contribution in [0.2, 0.25) is 0 Å². The molecule has 0 aliphatic rings. The van der Waals surface area contributed by atoms with Crippen molar-refractivity contribution in [1.82, 2.24) is 15.2 Å². The third-order valence-corrected chi connectivity index (χ3v) is 10.6. The maximum absolute atomic E-state index is 17.4. The van der Waals surface area contributed by atoms with Crippen LogP contribution in [-0.2, 0) is 33.6 Å². The first-order valence-electron chi connectivity index (χ1n) is 11.3. The van der Waals surface area contributed by atoms with Crippen molar-refractivity contribution in [2.24, 2.45) is 0 Å². The summed E-state index contributed by atoms with van der Waals surface area (Å²) >= 11 is 0. The number of nitrogens with one attached hydrogen (secondary N) is 1. The number of alkyl halides is 1. The fourth-order valence-corrected chi connectivity index (χ4v) is 8.72. The third-order valence-electron chi connectivity index (χ3n) is 4.29. The molecule has 0 radical (unpaired) electrons. The lowest BCUT2D eigenvalue weighted by Crippen LogP contribution is -2.34. The molecule has 9 nitrogen and oxygen atoms in total. The Bertz CT molecular complexity index is 948. The molecule has 0 bridgehead atoms. The monoisotopic (exact) mass is 519 g/mol. The van der Waals surface area contributed by atoms with Gasteiger partial charge in [0.25, 0.3) is 0 Å². The van der Waals surface area contributed by atoms with Crippen molar-refractivity contribution in [3.8, 4) is 11.1 Å². The Morgan fingerprint density at radius 2 is 1.29 bits per heavy atom. The summed E-state index contributed by atoms with van der Waals surface area (Å²) in [6.45, 7) is 12.7. The van der Waals surface area contributed by atoms with Crippen LogP contribution in [0, 0.1) is 0 Å². The molecule has 1 N–H and O–H groups in total. The number of pyridine rings is 1. The second-order valence-electron chi connectivity index (χ2n) is 9.08. The van der Waals surface area contributed by atoms with Gasteiger partial charge in [-0.15, -0.1) is 0 Å². The molecule has 0 atom stereocenters. The van der Waals surface area contributed by atoms with Gasteiger partial charge in [0.2, 0.25) is 0 Å². The van der Waals surface area contributed by atoms with Gasteiger partial charge in [0.1, 0.15) is 0 Å². The lowest BCUT2D eigenvalue weighted by atomic mass is 10.1. The summed E-state index contributed by atoms with van der Waals surface area (Å²) in [6.07, 6.45) is 2.82. The van der Waals surface area contributed by atoms with Crippen molar-refractivity contribution in [2.75, 3.05) is 0 Å². The average Bonchev–Trinajstić information content (AvgIpc) is 3.20. The van der Waals surface area contributed by atoms with Gasteiger partial charge < -0.3 is 18.1 Å². The first-order valence-corrected chi connectivity index (χ1v) is 14.4. The summed E-state index contributed by atoms with van der Waals surface area (Å²) < 4.78 is 68.2. The molecule has 0 saturated heterocycles. The van der Waals surface area contributed by atoms with Crippen LogP contribution in [0.25, 0.3) is 11.1 Å². The highest BCUT2D eigenvalue weighted by Crippen LogP contribution is 2.80. The maximum Gasteiger partial charge on any atom is 0.381 e. The van der Waals surface area contributed by atoms with Crippen LogP contribution < -0.4 is 0 Å². The third kappa shape index (κ3) is 6.84. The number of hydrogen-bond acceptors (Lipinski definition) is 8. The van der Waals surface area contributed by atoms with Crippen LogP contribution in [0.3, 0.4) is 0 Å². The maximum atomic E-state index is 17.4. The first kappa shape index (κ1) is 28.8. The molecule has 2 heterocycles. The number of nitrogens with zero attached hydrogens (tertiary/aromatic N) is 2. The van der Waals surface area contributed by atoms with E-state index in [0.29, 0.717) is 11.1 Å². The highest BCUT2D eigenvalue weighted by molar-refractivity contribution is 7.74. The van der Waals surface area contributed by atoms with Crippen molar-refractivity contribution in [3.63, 3.8) is 0 Å². The second kappa shape index (κ2) is 11.5. The van der Waals surface area contributed by atoms with Gasteiger partial charge in [-0.2, -0.15) is 5.10 Å². The van der Waals surface area contributed by atoms with Crippen molar-refractivity contribution in [1.29, 1.82) is 0 Å². The van der Waals surface area contributed by atoms with E-state index >= 15 is 4.39 Å². The minimum absolute atomic E-state index is 0.307. The van der Waals surface area contributed by atoms with E-state index in [9.17, 15) is 9.13 Å². The van der Waals surface area contributed by atoms with Gasteiger partial charge in [-0.3, -0.25) is 19.2 Å². The molecule has 34 heavy (non-hydrogen) atoms. The summed E-state index contributed by atoms with van der Waals surface area (Å²) in [5, 5.41) is 3.47. The van der Waals surface area contributed by atoms with Crippen LogP contribution in [-0.4, -0.2) is 44.7 Å². The van der Waals surface area contributed by atoms with E-state index in [-0.39, 0.29) is 0 Å². The molecule has 0 aromatic carbocycles. The Hall–Kier alpha value is -1.41. The van der Waals surface area contributed by atoms with Gasteiger partial charge in [-0.1, -0.05) is 0 Å². The quantitative estimate of drug-likeness (QED) is 0.290. The lowest BCUT2D eigenvalue weighted by Gasteiger charge is -2.39. The molecule has 2 aromatic rings. The lowest BCUT2D eigenvalue weighted by molar-refractivity contribution is 0.0807. The molecule has 2 aromatic heterocycles. The van der Waals surface area contributed by atoms with Gasteiger partial charge >= 0.3 is 20.3 Å². The van der Waals surface area contributed by atoms with E-state index in [1.165, 1.54) is 6.20 Å². The normalized spacial score (nSPS) is 13.6. The van der Waals surface area contributed by atoms with E-state index < -0.39 is 51.2 Å². The molecule has 192 valence electrons. The Kier molecular flexibility index (Phi) is 9.79. The molecular weight excluding hydrogens is 483 g/mol. The number of halogens is 1. The molecule has 0 aliphatic heterocycles. The molecular formula is C22H36FN3O6P2. The highest BCUT2D eigenvalue weighted by Gasteiger charge is 2.68. The SMILES string of the molecule is CC(C)OP(=O)(OC(C)C)C(F)(Cc1cncc(-c2cn[nH]c2)c1)P(=O)(OC(C)C)OC(C)C. The first-order chi connectivity index (χ1) is 15.7. The smallest absolute Gasteiger partial charge is 0.303 e. The molecule has 12 heteroatoms. The second-order valence-corrected chi connectivity index (χ2v) is 13.7. The minimum Gasteiger partial charge on any atom is -0.303 e. The predicted octanol–water partition coefficient (Wildman–Crippen LogP) is 6.72. The molecule has 2 rings (SSSR count). The molecule has 0 aliphatic carbocycles. The number of H-pyrrole nitrogens is 1. The molecule has 0 amide bonds. The fourth-order valence-electron chi connectivity index (χ4n) is 3.24. The number of aromatic amines is 1. The Morgan fingerprint density at radius 3 is 1.68 bits per heavy atom. The van der Waals surface area contributed by atoms with Gasteiger partial charge in [-0.05, 0) is 67.0 Å². The van der Waals surface area contributed by atoms with E-state index in [2.05, 4.69) is 15.2 Å². The Balaban J connectivity index is 2.72. The number of aromatic nitrogens is 3. The summed E-state index contributed by atoms with van der Waals surface area (Å²) in [4.78, 5) is 4.18. The summed E-state index contributed by atoms with van der Waals surface area (Å²) in [5.74, 6) is 0. The zero-order valence-electron chi connectivity index (χ0n) is 21.0. The van der Waals surface area contributed by atoms with Gasteiger partial charge in [0.05, 0.1) is 30.6 Å². The van der Waals surface area contributed by atoms with Crippen molar-refractivity contribution in [2.45, 2.75) is 91.4 Å². The van der Waals surface area contributed by atoms with E-state index in [4.69, 9.17) is 18.1 Å². The van der Waals surface area contributed by atoms with Crippen molar-refractivity contribution >= 4 is 15.2 Å². The van der Waals surface area contributed by atoms with Gasteiger partial charge in [-0.25, -0.2) is 4.39 Å². The number of rotatable bonds is 13. The molecule has 0 spiro atoms. The average molecular weight is 519 g/mol. The zero-order valence-corrected chi connectivity index (χ0v) is 22.8. The van der Waals surface area contributed by atoms with Crippen LogP contribution in [0.4, 0.5) is 4.39 Å². The van der Waals surface area contributed by atoms with E-state index in [1.807, 2.05) is 0 Å². The molecule has 0 saturated carbocycles. The molecule has 0 unspecified atom stereocenters. The van der Waals surface area contributed by atoms with Gasteiger partial charge in [0, 0.05) is 36.1 Å². The zero-order chi connectivity index (χ0) is 25.7. The minimum atomic E-state index is -4.75. The fraction of sp³-hybridized carbons (Fsp3) is 0.636. The summed E-state index contributed by atoms with van der Waals surface area (Å²) in [6, 6.07) is 1.65. The van der Waals surface area contributed by atoms with Crippen molar-refractivity contribution < 1.29 is 31.6 Å².